The number of nitrogens with zero attached hydrogens (tertiary/aromatic N) is 2. The smallest absolute Gasteiger partial charge is 0.188 e. The lowest BCUT2D eigenvalue weighted by molar-refractivity contribution is 0.576. The molecule has 0 unspecified atom stereocenters. The summed E-state index contributed by atoms with van der Waals surface area (Å²) in [6.45, 7) is 5.82. The fourth-order valence-electron chi connectivity index (χ4n) is 2.08. The number of guanidine groups is 1. The Morgan fingerprint density at radius 2 is 2.04 bits per heavy atom. The summed E-state index contributed by atoms with van der Waals surface area (Å²) >= 11 is 0. The molecular weight excluding hydrogens is 399 g/mol. The molecular formula is C18H25IN4. The van der Waals surface area contributed by atoms with Gasteiger partial charge in [0.25, 0.3) is 0 Å². The first-order chi connectivity index (χ1) is 10.6. The zero-order valence-corrected chi connectivity index (χ0v) is 16.0. The number of hydrogen-bond donors (Lipinski definition) is 2. The van der Waals surface area contributed by atoms with Gasteiger partial charge in [0, 0.05) is 18.3 Å². The molecule has 0 spiro atoms. The molecule has 3 N–H and O–H groups in total. The van der Waals surface area contributed by atoms with Crippen LogP contribution in [0.1, 0.15) is 25.8 Å². The van der Waals surface area contributed by atoms with Crippen LogP contribution >= 0.6 is 24.0 Å². The second-order valence-electron chi connectivity index (χ2n) is 5.73. The molecule has 0 aliphatic heterocycles. The van der Waals surface area contributed by atoms with Gasteiger partial charge in [-0.3, -0.25) is 4.98 Å². The third-order valence-electron chi connectivity index (χ3n) is 3.35. The van der Waals surface area contributed by atoms with Crippen molar-refractivity contribution in [2.75, 3.05) is 6.54 Å². The van der Waals surface area contributed by atoms with Crippen molar-refractivity contribution >= 4 is 29.9 Å². The molecule has 5 heteroatoms. The van der Waals surface area contributed by atoms with Crippen LogP contribution in [0.3, 0.4) is 0 Å². The highest BCUT2D eigenvalue weighted by atomic mass is 127. The molecule has 1 aromatic heterocycles. The minimum absolute atomic E-state index is 0. The molecule has 0 radical (unpaired) electrons. The summed E-state index contributed by atoms with van der Waals surface area (Å²) in [5.41, 5.74) is 9.07. The first-order valence-corrected chi connectivity index (χ1v) is 7.69. The summed E-state index contributed by atoms with van der Waals surface area (Å²) in [6, 6.07) is 14.1. The lowest BCUT2D eigenvalue weighted by Crippen LogP contribution is -2.32. The standard InChI is InChI=1S/C18H24N4.HI/c1-14(2)9-11-21-18(19)22-13-15-6-5-7-16(12-15)17-8-3-4-10-20-17;/h3-8,10,12,14H,9,11,13H2,1-2H3,(H3,19,21,22);1H. The molecule has 0 saturated carbocycles. The fourth-order valence-corrected chi connectivity index (χ4v) is 2.08. The van der Waals surface area contributed by atoms with Gasteiger partial charge in [-0.25, -0.2) is 4.99 Å². The quantitative estimate of drug-likeness (QED) is 0.421. The van der Waals surface area contributed by atoms with Crippen molar-refractivity contribution < 1.29 is 0 Å². The Balaban J connectivity index is 0.00000264. The van der Waals surface area contributed by atoms with E-state index in [0.29, 0.717) is 18.4 Å². The zero-order chi connectivity index (χ0) is 15.8. The zero-order valence-electron chi connectivity index (χ0n) is 13.7. The van der Waals surface area contributed by atoms with Crippen LogP contribution in [0.2, 0.25) is 0 Å². The maximum atomic E-state index is 5.88. The Labute approximate surface area is 155 Å². The largest absolute Gasteiger partial charge is 0.370 e. The van der Waals surface area contributed by atoms with Crippen molar-refractivity contribution in [1.29, 1.82) is 0 Å². The van der Waals surface area contributed by atoms with E-state index in [9.17, 15) is 0 Å². The van der Waals surface area contributed by atoms with E-state index in [2.05, 4.69) is 47.3 Å². The van der Waals surface area contributed by atoms with Crippen molar-refractivity contribution in [3.05, 3.63) is 54.2 Å². The van der Waals surface area contributed by atoms with Crippen LogP contribution in [0.4, 0.5) is 0 Å². The molecule has 4 nitrogen and oxygen atoms in total. The van der Waals surface area contributed by atoms with Crippen LogP contribution in [0.25, 0.3) is 11.3 Å². The number of rotatable bonds is 6. The summed E-state index contributed by atoms with van der Waals surface area (Å²) < 4.78 is 0. The van der Waals surface area contributed by atoms with Gasteiger partial charge >= 0.3 is 0 Å². The number of aliphatic imine (C=N–C) groups is 1. The van der Waals surface area contributed by atoms with Crippen LogP contribution in [0.15, 0.2) is 53.7 Å². The molecule has 2 aromatic rings. The highest BCUT2D eigenvalue weighted by Crippen LogP contribution is 2.18. The summed E-state index contributed by atoms with van der Waals surface area (Å²) in [6.07, 6.45) is 2.89. The normalized spacial score (nSPS) is 11.2. The lowest BCUT2D eigenvalue weighted by atomic mass is 10.1. The topological polar surface area (TPSA) is 63.3 Å². The summed E-state index contributed by atoms with van der Waals surface area (Å²) in [5.74, 6) is 1.17. The fraction of sp³-hybridized carbons (Fsp3) is 0.333. The van der Waals surface area contributed by atoms with Crippen LogP contribution in [0, 0.1) is 5.92 Å². The third-order valence-corrected chi connectivity index (χ3v) is 3.35. The van der Waals surface area contributed by atoms with Crippen LogP contribution in [0.5, 0.6) is 0 Å². The van der Waals surface area contributed by atoms with E-state index in [-0.39, 0.29) is 24.0 Å². The first-order valence-electron chi connectivity index (χ1n) is 7.69. The third kappa shape index (κ3) is 6.99. The number of benzene rings is 1. The summed E-state index contributed by atoms with van der Waals surface area (Å²) in [4.78, 5) is 8.76. The average molecular weight is 424 g/mol. The predicted molar refractivity (Wildman–Crippen MR) is 108 cm³/mol. The van der Waals surface area contributed by atoms with Crippen molar-refractivity contribution in [3.63, 3.8) is 0 Å². The molecule has 0 fully saturated rings. The van der Waals surface area contributed by atoms with Crippen molar-refractivity contribution in [2.24, 2.45) is 16.6 Å². The maximum Gasteiger partial charge on any atom is 0.188 e. The Morgan fingerprint density at radius 1 is 1.22 bits per heavy atom. The van der Waals surface area contributed by atoms with Gasteiger partial charge in [0.1, 0.15) is 0 Å². The van der Waals surface area contributed by atoms with Crippen LogP contribution in [-0.4, -0.2) is 17.5 Å². The van der Waals surface area contributed by atoms with E-state index in [1.807, 2.05) is 24.3 Å². The molecule has 2 rings (SSSR count). The van der Waals surface area contributed by atoms with Crippen molar-refractivity contribution in [2.45, 2.75) is 26.8 Å². The average Bonchev–Trinajstić information content (AvgIpc) is 2.54. The molecule has 1 heterocycles. The van der Waals surface area contributed by atoms with Gasteiger partial charge in [-0.05, 0) is 36.1 Å². The lowest BCUT2D eigenvalue weighted by Gasteiger charge is -2.08. The van der Waals surface area contributed by atoms with Gasteiger partial charge in [-0.1, -0.05) is 38.1 Å². The molecule has 0 aliphatic carbocycles. The van der Waals surface area contributed by atoms with E-state index in [0.717, 1.165) is 29.8 Å². The van der Waals surface area contributed by atoms with Crippen LogP contribution < -0.4 is 11.1 Å². The van der Waals surface area contributed by atoms with Crippen molar-refractivity contribution in [1.82, 2.24) is 10.3 Å². The number of aromatic nitrogens is 1. The van der Waals surface area contributed by atoms with Crippen molar-refractivity contribution in [3.8, 4) is 11.3 Å². The van der Waals surface area contributed by atoms with E-state index in [1.54, 1.807) is 6.20 Å². The molecule has 0 saturated heterocycles. The number of pyridine rings is 1. The maximum absolute atomic E-state index is 5.88. The molecule has 23 heavy (non-hydrogen) atoms. The monoisotopic (exact) mass is 424 g/mol. The van der Waals surface area contributed by atoms with E-state index in [1.165, 1.54) is 0 Å². The number of nitrogens with one attached hydrogen (secondary N) is 1. The summed E-state index contributed by atoms with van der Waals surface area (Å²) in [7, 11) is 0. The van der Waals surface area contributed by atoms with Gasteiger partial charge in [0.2, 0.25) is 0 Å². The first kappa shape index (κ1) is 19.4. The van der Waals surface area contributed by atoms with Gasteiger partial charge in [-0.2, -0.15) is 0 Å². The van der Waals surface area contributed by atoms with Gasteiger partial charge in [0.05, 0.1) is 12.2 Å². The predicted octanol–water partition coefficient (Wildman–Crippen LogP) is 3.82. The molecule has 1 aromatic carbocycles. The van der Waals surface area contributed by atoms with Gasteiger partial charge < -0.3 is 11.1 Å². The Hall–Kier alpha value is -1.63. The van der Waals surface area contributed by atoms with Crippen LogP contribution in [-0.2, 0) is 6.54 Å². The van der Waals surface area contributed by atoms with E-state index < -0.39 is 0 Å². The highest BCUT2D eigenvalue weighted by Gasteiger charge is 2.00. The second-order valence-corrected chi connectivity index (χ2v) is 5.73. The van der Waals surface area contributed by atoms with E-state index >= 15 is 0 Å². The SMILES string of the molecule is CC(C)CCNC(N)=NCc1cccc(-c2ccccn2)c1.I. The second kappa shape index (κ2) is 10.2. The van der Waals surface area contributed by atoms with Gasteiger partial charge in [0.15, 0.2) is 5.96 Å². The Kier molecular flexibility index (Phi) is 8.61. The molecule has 124 valence electrons. The Morgan fingerprint density at radius 3 is 2.74 bits per heavy atom. The Bertz CT molecular complexity index is 611. The van der Waals surface area contributed by atoms with E-state index in [4.69, 9.17) is 5.73 Å². The molecule has 0 atom stereocenters. The highest BCUT2D eigenvalue weighted by molar-refractivity contribution is 14.0. The molecule has 0 aliphatic rings. The number of halogens is 1. The van der Waals surface area contributed by atoms with Gasteiger partial charge in [-0.15, -0.1) is 24.0 Å². The molecule has 0 bridgehead atoms. The minimum atomic E-state index is 0. The number of nitrogens with two attached hydrogens (primary N) is 1. The number of hydrogen-bond acceptors (Lipinski definition) is 2. The minimum Gasteiger partial charge on any atom is -0.370 e. The summed E-state index contributed by atoms with van der Waals surface area (Å²) in [5, 5.41) is 3.15. The molecule has 0 amide bonds.